The zero-order valence-corrected chi connectivity index (χ0v) is 11.1. The third kappa shape index (κ3) is 3.63. The maximum absolute atomic E-state index is 9.51. The van der Waals surface area contributed by atoms with Crippen molar-refractivity contribution in [2.45, 2.75) is 45.8 Å². The molecule has 1 N–H and O–H groups in total. The predicted molar refractivity (Wildman–Crippen MR) is 68.6 cm³/mol. The van der Waals surface area contributed by atoms with Gasteiger partial charge in [0.25, 0.3) is 0 Å². The van der Waals surface area contributed by atoms with E-state index in [0.29, 0.717) is 5.75 Å². The van der Waals surface area contributed by atoms with Crippen LogP contribution in [-0.4, -0.2) is 18.3 Å². The smallest absolute Gasteiger partial charge is 0.161 e. The van der Waals surface area contributed by atoms with E-state index in [0.717, 1.165) is 24.2 Å². The molecule has 0 aliphatic heterocycles. The number of aliphatic hydroxyl groups is 1. The van der Waals surface area contributed by atoms with Gasteiger partial charge in [-0.2, -0.15) is 0 Å². The SMILES string of the molecule is CCC(CC)Oc1ccc([C@H](C)O)cc1OC. The van der Waals surface area contributed by atoms with Gasteiger partial charge in [-0.25, -0.2) is 0 Å². The van der Waals surface area contributed by atoms with Gasteiger partial charge in [0.05, 0.1) is 19.3 Å². The summed E-state index contributed by atoms with van der Waals surface area (Å²) < 4.78 is 11.2. The molecule has 0 spiro atoms. The minimum absolute atomic E-state index is 0.210. The molecule has 1 atom stereocenters. The number of rotatable bonds is 6. The van der Waals surface area contributed by atoms with Crippen LogP contribution in [0.2, 0.25) is 0 Å². The lowest BCUT2D eigenvalue weighted by Gasteiger charge is -2.18. The van der Waals surface area contributed by atoms with Crippen molar-refractivity contribution in [2.24, 2.45) is 0 Å². The van der Waals surface area contributed by atoms with Crippen LogP contribution < -0.4 is 9.47 Å². The number of aliphatic hydroxyl groups excluding tert-OH is 1. The van der Waals surface area contributed by atoms with Crippen LogP contribution in [0.25, 0.3) is 0 Å². The Morgan fingerprint density at radius 1 is 1.18 bits per heavy atom. The van der Waals surface area contributed by atoms with Crippen LogP contribution in [0, 0.1) is 0 Å². The van der Waals surface area contributed by atoms with Gasteiger partial charge in [0.1, 0.15) is 0 Å². The Morgan fingerprint density at radius 3 is 2.29 bits per heavy atom. The molecule has 1 aromatic carbocycles. The topological polar surface area (TPSA) is 38.7 Å². The first kappa shape index (κ1) is 13.8. The van der Waals surface area contributed by atoms with E-state index in [1.54, 1.807) is 14.0 Å². The van der Waals surface area contributed by atoms with Gasteiger partial charge in [-0.05, 0) is 37.5 Å². The number of methoxy groups -OCH3 is 1. The van der Waals surface area contributed by atoms with Gasteiger partial charge in [-0.1, -0.05) is 19.9 Å². The molecule has 0 saturated heterocycles. The van der Waals surface area contributed by atoms with Crippen LogP contribution in [0.3, 0.4) is 0 Å². The zero-order chi connectivity index (χ0) is 12.8. The van der Waals surface area contributed by atoms with Gasteiger partial charge in [-0.15, -0.1) is 0 Å². The lowest BCUT2D eigenvalue weighted by Crippen LogP contribution is -2.14. The van der Waals surface area contributed by atoms with E-state index in [1.165, 1.54) is 0 Å². The average Bonchev–Trinajstić information content (AvgIpc) is 2.35. The molecule has 3 heteroatoms. The standard InChI is InChI=1S/C14H22O3/c1-5-12(6-2)17-13-8-7-11(10(3)15)9-14(13)16-4/h7-10,12,15H,5-6H2,1-4H3/t10-/m0/s1. The Morgan fingerprint density at radius 2 is 1.82 bits per heavy atom. The number of hydrogen-bond acceptors (Lipinski definition) is 3. The summed E-state index contributed by atoms with van der Waals surface area (Å²) in [4.78, 5) is 0. The van der Waals surface area contributed by atoms with Crippen molar-refractivity contribution < 1.29 is 14.6 Å². The summed E-state index contributed by atoms with van der Waals surface area (Å²) in [6, 6.07) is 5.55. The predicted octanol–water partition coefficient (Wildman–Crippen LogP) is 3.32. The number of benzene rings is 1. The Hall–Kier alpha value is -1.22. The number of hydrogen-bond donors (Lipinski definition) is 1. The summed E-state index contributed by atoms with van der Waals surface area (Å²) in [5.74, 6) is 1.42. The highest BCUT2D eigenvalue weighted by molar-refractivity contribution is 5.43. The van der Waals surface area contributed by atoms with Gasteiger partial charge in [0.15, 0.2) is 11.5 Å². The molecule has 0 aliphatic rings. The molecular formula is C14H22O3. The Bertz CT molecular complexity index is 343. The summed E-state index contributed by atoms with van der Waals surface area (Å²) >= 11 is 0. The highest BCUT2D eigenvalue weighted by Gasteiger charge is 2.12. The highest BCUT2D eigenvalue weighted by Crippen LogP contribution is 2.31. The molecule has 0 aromatic heterocycles. The maximum atomic E-state index is 9.51. The van der Waals surface area contributed by atoms with Crippen molar-refractivity contribution in [3.63, 3.8) is 0 Å². The van der Waals surface area contributed by atoms with E-state index in [2.05, 4.69) is 13.8 Å². The second kappa shape index (κ2) is 6.50. The Balaban J connectivity index is 2.92. The molecule has 1 rings (SSSR count). The molecule has 0 aliphatic carbocycles. The third-order valence-electron chi connectivity index (χ3n) is 2.87. The van der Waals surface area contributed by atoms with Gasteiger partial charge >= 0.3 is 0 Å². The molecule has 0 saturated carbocycles. The molecule has 17 heavy (non-hydrogen) atoms. The van der Waals surface area contributed by atoms with Crippen LogP contribution in [0.1, 0.15) is 45.3 Å². The van der Waals surface area contributed by atoms with E-state index in [4.69, 9.17) is 9.47 Å². The Kier molecular flexibility index (Phi) is 5.29. The summed E-state index contributed by atoms with van der Waals surface area (Å²) in [5.41, 5.74) is 0.832. The molecular weight excluding hydrogens is 216 g/mol. The van der Waals surface area contributed by atoms with Gasteiger partial charge in [0, 0.05) is 0 Å². The fourth-order valence-electron chi connectivity index (χ4n) is 1.68. The van der Waals surface area contributed by atoms with Crippen molar-refractivity contribution in [1.82, 2.24) is 0 Å². The molecule has 96 valence electrons. The van der Waals surface area contributed by atoms with E-state index in [-0.39, 0.29) is 6.10 Å². The highest BCUT2D eigenvalue weighted by atomic mass is 16.5. The van der Waals surface area contributed by atoms with Crippen molar-refractivity contribution in [1.29, 1.82) is 0 Å². The molecule has 3 nitrogen and oxygen atoms in total. The monoisotopic (exact) mass is 238 g/mol. The quantitative estimate of drug-likeness (QED) is 0.826. The molecule has 0 amide bonds. The Labute approximate surface area is 103 Å². The molecule has 0 bridgehead atoms. The van der Waals surface area contributed by atoms with E-state index in [1.807, 2.05) is 18.2 Å². The summed E-state index contributed by atoms with van der Waals surface area (Å²) in [5, 5.41) is 9.51. The fraction of sp³-hybridized carbons (Fsp3) is 0.571. The van der Waals surface area contributed by atoms with Crippen LogP contribution >= 0.6 is 0 Å². The van der Waals surface area contributed by atoms with Crippen LogP contribution in [0.4, 0.5) is 0 Å². The van der Waals surface area contributed by atoms with Crippen molar-refractivity contribution >= 4 is 0 Å². The number of ether oxygens (including phenoxy) is 2. The second-order valence-electron chi connectivity index (χ2n) is 4.14. The molecule has 0 radical (unpaired) electrons. The normalized spacial score (nSPS) is 12.6. The lowest BCUT2D eigenvalue weighted by molar-refractivity contribution is 0.182. The molecule has 0 heterocycles. The maximum Gasteiger partial charge on any atom is 0.161 e. The third-order valence-corrected chi connectivity index (χ3v) is 2.87. The van der Waals surface area contributed by atoms with E-state index < -0.39 is 6.10 Å². The van der Waals surface area contributed by atoms with Crippen LogP contribution in [-0.2, 0) is 0 Å². The summed E-state index contributed by atoms with van der Waals surface area (Å²) in [6.45, 7) is 5.94. The van der Waals surface area contributed by atoms with E-state index in [9.17, 15) is 5.11 Å². The average molecular weight is 238 g/mol. The lowest BCUT2D eigenvalue weighted by atomic mass is 10.1. The first-order chi connectivity index (χ1) is 8.12. The first-order valence-electron chi connectivity index (χ1n) is 6.15. The summed E-state index contributed by atoms with van der Waals surface area (Å²) in [6.07, 6.45) is 1.66. The second-order valence-corrected chi connectivity index (χ2v) is 4.14. The van der Waals surface area contributed by atoms with Crippen LogP contribution in [0.5, 0.6) is 11.5 Å². The van der Waals surface area contributed by atoms with Crippen molar-refractivity contribution in [3.8, 4) is 11.5 Å². The largest absolute Gasteiger partial charge is 0.493 e. The first-order valence-corrected chi connectivity index (χ1v) is 6.15. The van der Waals surface area contributed by atoms with Crippen LogP contribution in [0.15, 0.2) is 18.2 Å². The zero-order valence-electron chi connectivity index (χ0n) is 11.1. The van der Waals surface area contributed by atoms with E-state index >= 15 is 0 Å². The van der Waals surface area contributed by atoms with Gasteiger partial charge in [0.2, 0.25) is 0 Å². The van der Waals surface area contributed by atoms with Crippen molar-refractivity contribution in [3.05, 3.63) is 23.8 Å². The summed E-state index contributed by atoms with van der Waals surface area (Å²) in [7, 11) is 1.61. The van der Waals surface area contributed by atoms with Gasteiger partial charge < -0.3 is 14.6 Å². The van der Waals surface area contributed by atoms with Gasteiger partial charge in [-0.3, -0.25) is 0 Å². The molecule has 0 fully saturated rings. The minimum Gasteiger partial charge on any atom is -0.493 e. The molecule has 1 aromatic rings. The van der Waals surface area contributed by atoms with Crippen molar-refractivity contribution in [2.75, 3.05) is 7.11 Å². The fourth-order valence-corrected chi connectivity index (χ4v) is 1.68. The molecule has 0 unspecified atom stereocenters. The minimum atomic E-state index is -0.494.